The fourth-order valence-electron chi connectivity index (χ4n) is 0.831. The van der Waals surface area contributed by atoms with Crippen molar-refractivity contribution < 1.29 is 9.85 Å². The molecule has 1 aliphatic heterocycles. The number of nitro groups is 2. The third-order valence-electron chi connectivity index (χ3n) is 1.34. The molecule has 2 unspecified atom stereocenters. The van der Waals surface area contributed by atoms with Gasteiger partial charge in [0, 0.05) is 0 Å². The van der Waals surface area contributed by atoms with E-state index in [0.29, 0.717) is 0 Å². The summed E-state index contributed by atoms with van der Waals surface area (Å²) in [7, 11) is 0. The Kier molecular flexibility index (Phi) is 1.77. The molecule has 1 saturated heterocycles. The Morgan fingerprint density at radius 3 is 1.75 bits per heavy atom. The molecule has 0 bridgehead atoms. The van der Waals surface area contributed by atoms with Gasteiger partial charge in [0.05, 0.1) is 9.85 Å². The Labute approximate surface area is 65.6 Å². The highest BCUT2D eigenvalue weighted by Gasteiger charge is 2.47. The number of nitrogens with one attached hydrogen (secondary N) is 3. The number of hydrogen-bond donors (Lipinski definition) is 3. The lowest BCUT2D eigenvalue weighted by atomic mass is 10.4. The van der Waals surface area contributed by atoms with Crippen LogP contribution in [0.5, 0.6) is 0 Å². The van der Waals surface area contributed by atoms with E-state index in [1.807, 2.05) is 10.6 Å². The van der Waals surface area contributed by atoms with Crippen molar-refractivity contribution in [3.05, 3.63) is 20.2 Å². The average Bonchev–Trinajstić information content (AvgIpc) is 2.31. The predicted octanol–water partition coefficient (Wildman–Crippen LogP) is -1.68. The molecule has 12 heavy (non-hydrogen) atoms. The molecule has 0 aromatic rings. The maximum atomic E-state index is 10.2. The average molecular weight is 175 g/mol. The van der Waals surface area contributed by atoms with Gasteiger partial charge in [-0.3, -0.25) is 36.3 Å². The third-order valence-corrected chi connectivity index (χ3v) is 1.34. The van der Waals surface area contributed by atoms with Crippen molar-refractivity contribution in [3.63, 3.8) is 0 Å². The highest BCUT2D eigenvalue weighted by Crippen LogP contribution is 2.01. The molecule has 0 aromatic carbocycles. The monoisotopic (exact) mass is 175 g/mol. The zero-order chi connectivity index (χ0) is 9.30. The Morgan fingerprint density at radius 2 is 1.50 bits per heavy atom. The molecule has 0 aromatic heterocycles. The van der Waals surface area contributed by atoms with E-state index in [4.69, 9.17) is 5.41 Å². The molecule has 0 saturated carbocycles. The van der Waals surface area contributed by atoms with Gasteiger partial charge in [0.1, 0.15) is 0 Å². The van der Waals surface area contributed by atoms with Crippen LogP contribution in [0.1, 0.15) is 0 Å². The molecule has 1 aliphatic rings. The standard InChI is InChI=1S/C3H5N5O4/c4-3-5-1(7(9)10)2(6-3)8(11)12/h1-2H,(H3,4,5,6). The van der Waals surface area contributed by atoms with E-state index < -0.39 is 28.1 Å². The lowest BCUT2D eigenvalue weighted by Gasteiger charge is -2.02. The minimum Gasteiger partial charge on any atom is -0.286 e. The molecule has 0 spiro atoms. The van der Waals surface area contributed by atoms with Gasteiger partial charge in [-0.25, -0.2) is 0 Å². The lowest BCUT2D eigenvalue weighted by molar-refractivity contribution is -0.618. The Hall–Kier alpha value is -1.93. The van der Waals surface area contributed by atoms with Gasteiger partial charge < -0.3 is 0 Å². The van der Waals surface area contributed by atoms with Crippen LogP contribution >= 0.6 is 0 Å². The Balaban J connectivity index is 2.79. The van der Waals surface area contributed by atoms with Gasteiger partial charge >= 0.3 is 12.3 Å². The van der Waals surface area contributed by atoms with Crippen LogP contribution in [-0.4, -0.2) is 28.1 Å². The van der Waals surface area contributed by atoms with E-state index in [1.165, 1.54) is 0 Å². The lowest BCUT2D eigenvalue weighted by Crippen LogP contribution is -2.45. The molecule has 2 atom stereocenters. The summed E-state index contributed by atoms with van der Waals surface area (Å²) in [6.45, 7) is 0. The second-order valence-corrected chi connectivity index (χ2v) is 2.12. The Bertz CT molecular complexity index is 227. The van der Waals surface area contributed by atoms with E-state index in [-0.39, 0.29) is 0 Å². The van der Waals surface area contributed by atoms with Gasteiger partial charge in [0.15, 0.2) is 5.96 Å². The smallest absolute Gasteiger partial charge is 0.286 e. The molecule has 66 valence electrons. The fraction of sp³-hybridized carbons (Fsp3) is 0.667. The number of guanidine groups is 1. The van der Waals surface area contributed by atoms with Gasteiger partial charge in [-0.15, -0.1) is 0 Å². The SMILES string of the molecule is N=C1NC([N+](=O)[O-])C([N+](=O)[O-])N1. The van der Waals surface area contributed by atoms with Crippen LogP contribution in [0.4, 0.5) is 0 Å². The molecular formula is C3H5N5O4. The minimum absolute atomic E-state index is 0.404. The summed E-state index contributed by atoms with van der Waals surface area (Å²) < 4.78 is 0. The van der Waals surface area contributed by atoms with Gasteiger partial charge in [-0.1, -0.05) is 0 Å². The van der Waals surface area contributed by atoms with Gasteiger partial charge in [0.2, 0.25) is 0 Å². The maximum Gasteiger partial charge on any atom is 0.373 e. The summed E-state index contributed by atoms with van der Waals surface area (Å²) in [4.78, 5) is 18.6. The van der Waals surface area contributed by atoms with E-state index in [2.05, 4.69) is 0 Å². The minimum atomic E-state index is -1.56. The highest BCUT2D eigenvalue weighted by molar-refractivity contribution is 5.78. The highest BCUT2D eigenvalue weighted by atomic mass is 16.6. The summed E-state index contributed by atoms with van der Waals surface area (Å²) in [6.07, 6.45) is -3.13. The van der Waals surface area contributed by atoms with Crippen LogP contribution < -0.4 is 10.6 Å². The molecule has 1 rings (SSSR count). The van der Waals surface area contributed by atoms with Gasteiger partial charge in [-0.05, 0) is 0 Å². The van der Waals surface area contributed by atoms with E-state index >= 15 is 0 Å². The molecule has 0 amide bonds. The van der Waals surface area contributed by atoms with E-state index in [0.717, 1.165) is 0 Å². The summed E-state index contributed by atoms with van der Waals surface area (Å²) in [6, 6.07) is 0. The summed E-state index contributed by atoms with van der Waals surface area (Å²) in [5, 5.41) is 31.2. The van der Waals surface area contributed by atoms with Crippen molar-refractivity contribution in [1.29, 1.82) is 5.41 Å². The van der Waals surface area contributed by atoms with Crippen LogP contribution in [0.2, 0.25) is 0 Å². The first-order valence-electron chi connectivity index (χ1n) is 2.91. The molecule has 0 aliphatic carbocycles. The van der Waals surface area contributed by atoms with Crippen molar-refractivity contribution in [2.24, 2.45) is 0 Å². The summed E-state index contributed by atoms with van der Waals surface area (Å²) in [5.74, 6) is -0.404. The first kappa shape index (κ1) is 8.17. The summed E-state index contributed by atoms with van der Waals surface area (Å²) in [5.41, 5.74) is 0. The van der Waals surface area contributed by atoms with Crippen LogP contribution in [0, 0.1) is 25.6 Å². The van der Waals surface area contributed by atoms with Crippen molar-refractivity contribution in [2.75, 3.05) is 0 Å². The second-order valence-electron chi connectivity index (χ2n) is 2.12. The van der Waals surface area contributed by atoms with Crippen molar-refractivity contribution in [1.82, 2.24) is 10.6 Å². The molecule has 9 heteroatoms. The van der Waals surface area contributed by atoms with Crippen LogP contribution in [0.3, 0.4) is 0 Å². The molecule has 1 fully saturated rings. The third kappa shape index (κ3) is 1.24. The zero-order valence-electron chi connectivity index (χ0n) is 5.68. The number of hydrogen-bond acceptors (Lipinski definition) is 5. The zero-order valence-corrected chi connectivity index (χ0v) is 5.68. The predicted molar refractivity (Wildman–Crippen MR) is 35.6 cm³/mol. The van der Waals surface area contributed by atoms with Crippen LogP contribution in [0.15, 0.2) is 0 Å². The maximum absolute atomic E-state index is 10.2. The molecule has 9 nitrogen and oxygen atoms in total. The Morgan fingerprint density at radius 1 is 1.17 bits per heavy atom. The van der Waals surface area contributed by atoms with Gasteiger partial charge in [-0.2, -0.15) is 0 Å². The first-order valence-corrected chi connectivity index (χ1v) is 2.91. The molecule has 1 heterocycles. The number of nitrogens with zero attached hydrogens (tertiary/aromatic N) is 2. The van der Waals surface area contributed by atoms with E-state index in [9.17, 15) is 20.2 Å². The van der Waals surface area contributed by atoms with Crippen LogP contribution in [-0.2, 0) is 0 Å². The molecule has 0 radical (unpaired) electrons. The largest absolute Gasteiger partial charge is 0.373 e. The van der Waals surface area contributed by atoms with Gasteiger partial charge in [0.25, 0.3) is 0 Å². The normalized spacial score (nSPS) is 27.5. The van der Waals surface area contributed by atoms with Crippen molar-refractivity contribution >= 4 is 5.96 Å². The first-order chi connectivity index (χ1) is 5.52. The molecule has 3 N–H and O–H groups in total. The molecular weight excluding hydrogens is 170 g/mol. The second kappa shape index (κ2) is 2.60. The fourth-order valence-corrected chi connectivity index (χ4v) is 0.831. The summed E-state index contributed by atoms with van der Waals surface area (Å²) >= 11 is 0. The van der Waals surface area contributed by atoms with Crippen molar-refractivity contribution in [3.8, 4) is 0 Å². The van der Waals surface area contributed by atoms with E-state index in [1.54, 1.807) is 0 Å². The topological polar surface area (TPSA) is 134 Å². The van der Waals surface area contributed by atoms with Crippen LogP contribution in [0.25, 0.3) is 0 Å². The van der Waals surface area contributed by atoms with Crippen molar-refractivity contribution in [2.45, 2.75) is 12.3 Å². The number of rotatable bonds is 2. The quantitative estimate of drug-likeness (QED) is 0.339.